The maximum atomic E-state index is 12.0. The van der Waals surface area contributed by atoms with Crippen molar-refractivity contribution in [3.05, 3.63) is 60.4 Å². The number of nitrogens with zero attached hydrogens (tertiary/aromatic N) is 3. The summed E-state index contributed by atoms with van der Waals surface area (Å²) < 4.78 is 1.16. The maximum Gasteiger partial charge on any atom is 0.294 e. The first kappa shape index (κ1) is 14.5. The van der Waals surface area contributed by atoms with E-state index in [1.54, 1.807) is 30.4 Å². The molecule has 106 valence electrons. The molecule has 0 fully saturated rings. The first-order valence-corrected chi connectivity index (χ1v) is 7.73. The third kappa shape index (κ3) is 2.70. The van der Waals surface area contributed by atoms with Crippen LogP contribution in [0.15, 0.2) is 28.5 Å². The van der Waals surface area contributed by atoms with Gasteiger partial charge in [0.25, 0.3) is 5.56 Å². The monoisotopic (exact) mass is 357 g/mol. The van der Waals surface area contributed by atoms with Gasteiger partial charge in [-0.05, 0) is 24.3 Å². The summed E-state index contributed by atoms with van der Waals surface area (Å²) >= 11 is 19.4. The van der Waals surface area contributed by atoms with Crippen molar-refractivity contribution < 1.29 is 0 Å². The summed E-state index contributed by atoms with van der Waals surface area (Å²) in [6.07, 6.45) is 3.28. The van der Waals surface area contributed by atoms with Crippen molar-refractivity contribution in [1.29, 1.82) is 0 Å². The van der Waals surface area contributed by atoms with Gasteiger partial charge in [-0.15, -0.1) is 0 Å². The Balaban J connectivity index is 2.12. The highest BCUT2D eigenvalue weighted by atomic mass is 35.5. The normalized spacial score (nSPS) is 11.6. The van der Waals surface area contributed by atoms with E-state index in [-0.39, 0.29) is 5.02 Å². The van der Waals surface area contributed by atoms with Crippen molar-refractivity contribution in [3.63, 3.8) is 0 Å². The lowest BCUT2D eigenvalue weighted by Crippen LogP contribution is -2.16. The van der Waals surface area contributed by atoms with E-state index in [9.17, 15) is 4.79 Å². The third-order valence-corrected chi connectivity index (χ3v) is 4.42. The highest BCUT2D eigenvalue weighted by Crippen LogP contribution is 2.26. The molecule has 0 bridgehead atoms. The molecule has 21 heavy (non-hydrogen) atoms. The molecule has 0 aliphatic heterocycles. The number of aromatic nitrogens is 3. The number of hydrogen-bond acceptors (Lipinski definition) is 4. The van der Waals surface area contributed by atoms with E-state index in [0.717, 1.165) is 4.52 Å². The highest BCUT2D eigenvalue weighted by molar-refractivity contribution is 7.14. The van der Waals surface area contributed by atoms with Crippen LogP contribution in [-0.4, -0.2) is 14.6 Å². The van der Waals surface area contributed by atoms with Crippen LogP contribution in [0.3, 0.4) is 0 Å². The van der Waals surface area contributed by atoms with E-state index < -0.39 is 5.56 Å². The standard InChI is InChI=1S/C13H6Cl3N3OS/c14-8-2-1-3-9(15)7(8)4-5-10-11(16)12(20)19-13(18-10)21-6-17-19/h1-6H/b5-4+. The zero-order chi connectivity index (χ0) is 15.0. The number of hydrogen-bond donors (Lipinski definition) is 0. The van der Waals surface area contributed by atoms with Crippen molar-refractivity contribution in [2.45, 2.75) is 0 Å². The number of halogens is 3. The van der Waals surface area contributed by atoms with Crippen LogP contribution in [0.25, 0.3) is 17.1 Å². The molecule has 8 heteroatoms. The van der Waals surface area contributed by atoms with Crippen molar-refractivity contribution in [2.75, 3.05) is 0 Å². The van der Waals surface area contributed by atoms with Crippen molar-refractivity contribution >= 4 is 63.3 Å². The van der Waals surface area contributed by atoms with E-state index in [1.807, 2.05) is 0 Å². The molecule has 3 aromatic rings. The number of rotatable bonds is 2. The minimum Gasteiger partial charge on any atom is -0.266 e. The lowest BCUT2D eigenvalue weighted by molar-refractivity contribution is 0.897. The molecule has 0 atom stereocenters. The summed E-state index contributed by atoms with van der Waals surface area (Å²) in [7, 11) is 0. The van der Waals surface area contributed by atoms with E-state index in [4.69, 9.17) is 34.8 Å². The lowest BCUT2D eigenvalue weighted by Gasteiger charge is -2.01. The fourth-order valence-electron chi connectivity index (χ4n) is 1.73. The van der Waals surface area contributed by atoms with Gasteiger partial charge in [-0.25, -0.2) is 4.98 Å². The average molecular weight is 359 g/mol. The first-order chi connectivity index (χ1) is 10.1. The summed E-state index contributed by atoms with van der Waals surface area (Å²) in [6, 6.07) is 5.20. The zero-order valence-electron chi connectivity index (χ0n) is 10.3. The molecule has 4 nitrogen and oxygen atoms in total. The minimum atomic E-state index is -0.409. The summed E-state index contributed by atoms with van der Waals surface area (Å²) in [6.45, 7) is 0. The molecule has 0 aliphatic rings. The molecule has 0 unspecified atom stereocenters. The summed E-state index contributed by atoms with van der Waals surface area (Å²) in [5.41, 5.74) is 2.11. The average Bonchev–Trinajstić information content (AvgIpc) is 2.92. The molecular weight excluding hydrogens is 353 g/mol. The fraction of sp³-hybridized carbons (Fsp3) is 0. The van der Waals surface area contributed by atoms with Crippen LogP contribution in [0.5, 0.6) is 0 Å². The molecule has 0 N–H and O–H groups in total. The number of fused-ring (bicyclic) bond motifs is 1. The summed E-state index contributed by atoms with van der Waals surface area (Å²) in [4.78, 5) is 16.8. The van der Waals surface area contributed by atoms with Crippen LogP contribution in [-0.2, 0) is 0 Å². The molecule has 0 spiro atoms. The van der Waals surface area contributed by atoms with Gasteiger partial charge in [-0.3, -0.25) is 4.79 Å². The Kier molecular flexibility index (Phi) is 3.99. The quantitative estimate of drug-likeness (QED) is 0.687. The smallest absolute Gasteiger partial charge is 0.266 e. The molecule has 0 amide bonds. The van der Waals surface area contributed by atoms with E-state index in [0.29, 0.717) is 26.3 Å². The van der Waals surface area contributed by atoms with Gasteiger partial charge < -0.3 is 0 Å². The predicted molar refractivity (Wildman–Crippen MR) is 87.5 cm³/mol. The minimum absolute atomic E-state index is 0.00201. The lowest BCUT2D eigenvalue weighted by atomic mass is 10.2. The van der Waals surface area contributed by atoms with Crippen LogP contribution in [0.2, 0.25) is 15.1 Å². The largest absolute Gasteiger partial charge is 0.294 e. The molecule has 2 heterocycles. The van der Waals surface area contributed by atoms with Crippen LogP contribution in [0, 0.1) is 0 Å². The van der Waals surface area contributed by atoms with Gasteiger partial charge in [-0.1, -0.05) is 52.2 Å². The molecular formula is C13H6Cl3N3OS. The van der Waals surface area contributed by atoms with Gasteiger partial charge >= 0.3 is 0 Å². The molecule has 0 radical (unpaired) electrons. The highest BCUT2D eigenvalue weighted by Gasteiger charge is 2.10. The molecule has 0 aliphatic carbocycles. The molecule has 0 saturated heterocycles. The van der Waals surface area contributed by atoms with Crippen LogP contribution in [0.4, 0.5) is 0 Å². The van der Waals surface area contributed by atoms with Gasteiger partial charge in [0.2, 0.25) is 4.96 Å². The fourth-order valence-corrected chi connectivity index (χ4v) is 3.05. The second-order valence-corrected chi connectivity index (χ2v) is 6.02. The van der Waals surface area contributed by atoms with Gasteiger partial charge in [0.15, 0.2) is 0 Å². The van der Waals surface area contributed by atoms with Crippen molar-refractivity contribution in [1.82, 2.24) is 14.6 Å². The third-order valence-electron chi connectivity index (χ3n) is 2.73. The maximum absolute atomic E-state index is 12.0. The van der Waals surface area contributed by atoms with Crippen LogP contribution in [0.1, 0.15) is 11.3 Å². The Morgan fingerprint density at radius 2 is 1.86 bits per heavy atom. The molecule has 3 rings (SSSR count). The van der Waals surface area contributed by atoms with Crippen LogP contribution < -0.4 is 5.56 Å². The summed E-state index contributed by atoms with van der Waals surface area (Å²) in [5, 5.41) is 4.88. The Morgan fingerprint density at radius 3 is 2.57 bits per heavy atom. The predicted octanol–water partition coefficient (Wildman–Crippen LogP) is 4.28. The topological polar surface area (TPSA) is 47.3 Å². The summed E-state index contributed by atoms with van der Waals surface area (Å²) in [5.74, 6) is 0. The van der Waals surface area contributed by atoms with Crippen molar-refractivity contribution in [3.8, 4) is 0 Å². The van der Waals surface area contributed by atoms with E-state index >= 15 is 0 Å². The first-order valence-electron chi connectivity index (χ1n) is 5.72. The van der Waals surface area contributed by atoms with Gasteiger partial charge in [0.05, 0.1) is 5.69 Å². The molecule has 0 saturated carbocycles. The van der Waals surface area contributed by atoms with Crippen molar-refractivity contribution in [2.24, 2.45) is 0 Å². The number of benzene rings is 1. The zero-order valence-corrected chi connectivity index (χ0v) is 13.3. The van der Waals surface area contributed by atoms with E-state index in [1.165, 1.54) is 16.8 Å². The van der Waals surface area contributed by atoms with Gasteiger partial charge in [-0.2, -0.15) is 9.61 Å². The second kappa shape index (κ2) is 5.77. The Labute approximate surface area is 138 Å². The molecule has 1 aromatic carbocycles. The van der Waals surface area contributed by atoms with Gasteiger partial charge in [0, 0.05) is 15.6 Å². The van der Waals surface area contributed by atoms with Gasteiger partial charge in [0.1, 0.15) is 10.5 Å². The second-order valence-electron chi connectivity index (χ2n) is 4.02. The van der Waals surface area contributed by atoms with Crippen LogP contribution >= 0.6 is 46.1 Å². The Hall–Kier alpha value is -1.40. The molecule has 2 aromatic heterocycles. The SMILES string of the molecule is O=c1c(Cl)c(/C=C/c2c(Cl)cccc2Cl)nc2scnn12. The Bertz CT molecular complexity index is 896. The van der Waals surface area contributed by atoms with E-state index in [2.05, 4.69) is 10.1 Å². The Morgan fingerprint density at radius 1 is 1.14 bits per heavy atom.